The highest BCUT2D eigenvalue weighted by molar-refractivity contribution is 5.85. The van der Waals surface area contributed by atoms with E-state index in [1.807, 2.05) is 0 Å². The molecule has 0 aromatic heterocycles. The van der Waals surface area contributed by atoms with Crippen LogP contribution in [0.25, 0.3) is 0 Å². The first-order chi connectivity index (χ1) is 14.4. The number of allylic oxidation sites excluding steroid dienone is 1. The minimum Gasteiger partial charge on any atom is -0.468 e. The molecule has 6 heteroatoms. The second-order valence-corrected chi connectivity index (χ2v) is 9.64. The van der Waals surface area contributed by atoms with Crippen molar-refractivity contribution in [2.45, 2.75) is 56.3 Å². The molecule has 7 rings (SSSR count). The summed E-state index contributed by atoms with van der Waals surface area (Å²) in [6, 6.07) is 8.99. The van der Waals surface area contributed by atoms with Gasteiger partial charge in [-0.05, 0) is 31.4 Å². The second-order valence-electron chi connectivity index (χ2n) is 9.64. The fraction of sp³-hybridized carbons (Fsp3) is 0.583. The number of hydrogen-bond acceptors (Lipinski definition) is 6. The largest absolute Gasteiger partial charge is 0.468 e. The van der Waals surface area contributed by atoms with Gasteiger partial charge in [-0.25, -0.2) is 0 Å². The molecule has 1 aliphatic carbocycles. The maximum atomic E-state index is 13.7. The van der Waals surface area contributed by atoms with Crippen LogP contribution < -0.4 is 4.90 Å². The lowest BCUT2D eigenvalue weighted by Gasteiger charge is -2.61. The Balaban J connectivity index is 1.69. The number of hydrogen-bond donors (Lipinski definition) is 0. The number of piperidine rings is 4. The van der Waals surface area contributed by atoms with Gasteiger partial charge in [0.15, 0.2) is 0 Å². The van der Waals surface area contributed by atoms with Gasteiger partial charge in [-0.3, -0.25) is 14.5 Å². The minimum absolute atomic E-state index is 0.0255. The number of para-hydroxylation sites is 1. The Hall–Kier alpha value is -2.34. The molecule has 1 saturated carbocycles. The Labute approximate surface area is 176 Å². The predicted octanol–water partition coefficient (Wildman–Crippen LogP) is 2.27. The number of carbonyl (C=O) groups excluding carboxylic acids is 2. The Bertz CT molecular complexity index is 1000. The van der Waals surface area contributed by atoms with Gasteiger partial charge in [-0.15, -0.1) is 0 Å². The predicted molar refractivity (Wildman–Crippen MR) is 111 cm³/mol. The molecule has 6 unspecified atom stereocenters. The standard InChI is InChI=1S/C24H28N2O4/c1-5-14-12-26-18-10-16(14)24(22(28)29-4)19(26)11-23(21(24)30-13(2)27)15-8-6-7-9-17(15)25(3)20(18)23/h5-9,16,18-21H,10-12H2,1-4H3/b14-5-/t16?,18?,19-,20?,21?,23+,24?/m0/s1. The van der Waals surface area contributed by atoms with Crippen molar-refractivity contribution >= 4 is 17.6 Å². The van der Waals surface area contributed by atoms with Crippen LogP contribution in [0.3, 0.4) is 0 Å². The van der Waals surface area contributed by atoms with Gasteiger partial charge in [0.2, 0.25) is 0 Å². The van der Waals surface area contributed by atoms with E-state index >= 15 is 0 Å². The first kappa shape index (κ1) is 18.4. The molecule has 6 nitrogen and oxygen atoms in total. The summed E-state index contributed by atoms with van der Waals surface area (Å²) in [5.41, 5.74) is 2.43. The molecular formula is C24H28N2O4. The summed E-state index contributed by atoms with van der Waals surface area (Å²) >= 11 is 0. The molecular weight excluding hydrogens is 380 g/mol. The summed E-state index contributed by atoms with van der Waals surface area (Å²) in [6.45, 7) is 4.40. The average molecular weight is 408 g/mol. The van der Waals surface area contributed by atoms with Crippen molar-refractivity contribution in [2.24, 2.45) is 11.3 Å². The van der Waals surface area contributed by atoms with Gasteiger partial charge in [0.25, 0.3) is 0 Å². The number of fused-ring (bicyclic) bond motifs is 2. The maximum Gasteiger partial charge on any atom is 0.317 e. The van der Waals surface area contributed by atoms with Gasteiger partial charge in [-0.2, -0.15) is 0 Å². The van der Waals surface area contributed by atoms with Gasteiger partial charge in [0, 0.05) is 44.2 Å². The van der Waals surface area contributed by atoms with Crippen LogP contribution in [-0.2, 0) is 24.5 Å². The van der Waals surface area contributed by atoms with Crippen LogP contribution in [0.1, 0.15) is 32.3 Å². The molecule has 0 radical (unpaired) electrons. The third-order valence-electron chi connectivity index (χ3n) is 8.97. The van der Waals surface area contributed by atoms with Gasteiger partial charge < -0.3 is 14.4 Å². The van der Waals surface area contributed by atoms with Crippen molar-refractivity contribution in [3.8, 4) is 0 Å². The van der Waals surface area contributed by atoms with E-state index < -0.39 is 16.9 Å². The van der Waals surface area contributed by atoms with E-state index in [1.54, 1.807) is 0 Å². The molecule has 30 heavy (non-hydrogen) atoms. The third kappa shape index (κ3) is 1.71. The first-order valence-electron chi connectivity index (χ1n) is 10.9. The van der Waals surface area contributed by atoms with E-state index in [0.29, 0.717) is 6.04 Å². The number of anilines is 1. The lowest BCUT2D eigenvalue weighted by molar-refractivity contribution is -0.187. The number of ether oxygens (including phenoxy) is 2. The first-order valence-corrected chi connectivity index (χ1v) is 10.9. The molecule has 5 heterocycles. The summed E-state index contributed by atoms with van der Waals surface area (Å²) in [7, 11) is 3.63. The van der Waals surface area contributed by atoms with E-state index in [9.17, 15) is 9.59 Å². The molecule has 1 aromatic rings. The molecule has 8 atom stereocenters. The fourth-order valence-corrected chi connectivity index (χ4v) is 8.30. The molecule has 1 spiro atoms. The number of methoxy groups -OCH3 is 1. The Morgan fingerprint density at radius 1 is 1.27 bits per heavy atom. The Morgan fingerprint density at radius 2 is 2.03 bits per heavy atom. The van der Waals surface area contributed by atoms with Crippen molar-refractivity contribution in [1.29, 1.82) is 0 Å². The lowest BCUT2D eigenvalue weighted by atomic mass is 9.58. The number of nitrogens with zero attached hydrogens (tertiary/aromatic N) is 2. The van der Waals surface area contributed by atoms with Gasteiger partial charge in [0.05, 0.1) is 18.6 Å². The molecule has 4 saturated heterocycles. The van der Waals surface area contributed by atoms with Crippen LogP contribution in [0.15, 0.2) is 35.9 Å². The Kier molecular flexibility index (Phi) is 3.48. The molecule has 5 aliphatic heterocycles. The summed E-state index contributed by atoms with van der Waals surface area (Å²) in [6.07, 6.45) is 3.33. The van der Waals surface area contributed by atoms with E-state index in [1.165, 1.54) is 30.9 Å². The highest BCUT2D eigenvalue weighted by Crippen LogP contribution is 2.73. The van der Waals surface area contributed by atoms with Crippen LogP contribution in [0.2, 0.25) is 0 Å². The number of rotatable bonds is 2. The van der Waals surface area contributed by atoms with Crippen LogP contribution in [0.4, 0.5) is 5.69 Å². The van der Waals surface area contributed by atoms with Crippen molar-refractivity contribution in [3.63, 3.8) is 0 Å². The average Bonchev–Trinajstić information content (AvgIpc) is 3.14. The van der Waals surface area contributed by atoms with Crippen molar-refractivity contribution < 1.29 is 19.1 Å². The van der Waals surface area contributed by atoms with Crippen LogP contribution in [-0.4, -0.2) is 61.8 Å². The second kappa shape index (κ2) is 5.67. The van der Waals surface area contributed by atoms with Crippen LogP contribution in [0.5, 0.6) is 0 Å². The summed E-state index contributed by atoms with van der Waals surface area (Å²) < 4.78 is 11.7. The van der Waals surface area contributed by atoms with E-state index in [4.69, 9.17) is 9.47 Å². The number of carbonyl (C=O) groups is 2. The summed E-state index contributed by atoms with van der Waals surface area (Å²) in [4.78, 5) is 31.0. The molecule has 6 aliphatic rings. The third-order valence-corrected chi connectivity index (χ3v) is 8.97. The SMILES string of the molecule is C/C=C1/CN2C3CC1C1(C(=O)OC)C(OC(C)=O)[C@]4(C[C@H]21)c1ccccc1N(C)C34. The van der Waals surface area contributed by atoms with Crippen LogP contribution in [0, 0.1) is 11.3 Å². The van der Waals surface area contributed by atoms with E-state index in [-0.39, 0.29) is 29.9 Å². The van der Waals surface area contributed by atoms with Gasteiger partial charge in [0.1, 0.15) is 11.5 Å². The van der Waals surface area contributed by atoms with Gasteiger partial charge in [-0.1, -0.05) is 29.8 Å². The van der Waals surface area contributed by atoms with Gasteiger partial charge >= 0.3 is 11.9 Å². The summed E-state index contributed by atoms with van der Waals surface area (Å²) in [5.74, 6) is -0.506. The van der Waals surface area contributed by atoms with Crippen LogP contribution >= 0.6 is 0 Å². The molecule has 5 bridgehead atoms. The zero-order chi connectivity index (χ0) is 21.0. The fourth-order valence-electron chi connectivity index (χ4n) is 8.30. The van der Waals surface area contributed by atoms with E-state index in [2.05, 4.69) is 54.1 Å². The topological polar surface area (TPSA) is 59.1 Å². The number of esters is 2. The smallest absolute Gasteiger partial charge is 0.317 e. The van der Waals surface area contributed by atoms with Crippen molar-refractivity contribution in [1.82, 2.24) is 4.90 Å². The quantitative estimate of drug-likeness (QED) is 0.553. The zero-order valence-electron chi connectivity index (χ0n) is 17.9. The highest BCUT2D eigenvalue weighted by Gasteiger charge is 2.84. The van der Waals surface area contributed by atoms with Crippen molar-refractivity contribution in [2.75, 3.05) is 25.6 Å². The Morgan fingerprint density at radius 3 is 2.73 bits per heavy atom. The molecule has 0 N–H and O–H groups in total. The number of benzene rings is 1. The lowest BCUT2D eigenvalue weighted by Crippen LogP contribution is -2.71. The minimum atomic E-state index is -0.857. The normalized spacial score (nSPS) is 45.5. The zero-order valence-corrected chi connectivity index (χ0v) is 17.9. The maximum absolute atomic E-state index is 13.7. The number of likely N-dealkylation sites (N-methyl/N-ethyl adjacent to an activating group) is 1. The monoisotopic (exact) mass is 408 g/mol. The molecule has 1 aromatic carbocycles. The summed E-state index contributed by atoms with van der Waals surface area (Å²) in [5, 5.41) is 0. The molecule has 158 valence electrons. The van der Waals surface area contributed by atoms with Crippen molar-refractivity contribution in [3.05, 3.63) is 41.5 Å². The molecule has 5 fully saturated rings. The molecule has 0 amide bonds. The van der Waals surface area contributed by atoms with E-state index in [0.717, 1.165) is 19.4 Å². The highest BCUT2D eigenvalue weighted by atomic mass is 16.6.